The molecule has 3 aliphatic rings. The topological polar surface area (TPSA) is 56.8 Å². The van der Waals surface area contributed by atoms with Crippen molar-refractivity contribution in [2.75, 3.05) is 55.7 Å². The van der Waals surface area contributed by atoms with Gasteiger partial charge in [-0.25, -0.2) is 0 Å². The number of aryl methyl sites for hydroxylation is 1. The molecule has 6 nitrogen and oxygen atoms in total. The molecular weight excluding hydrogens is 400 g/mol. The summed E-state index contributed by atoms with van der Waals surface area (Å²) in [5.41, 5.74) is 6.10. The second-order valence-electron chi connectivity index (χ2n) is 9.22. The van der Waals surface area contributed by atoms with E-state index in [9.17, 15) is 4.79 Å². The van der Waals surface area contributed by atoms with Crippen LogP contribution in [0.5, 0.6) is 0 Å². The molecule has 0 aromatic heterocycles. The number of hydrogen-bond donors (Lipinski definition) is 2. The number of nitrogens with zero attached hydrogens (tertiary/aromatic N) is 2. The highest BCUT2D eigenvalue weighted by Crippen LogP contribution is 2.32. The van der Waals surface area contributed by atoms with Crippen LogP contribution in [-0.4, -0.2) is 63.9 Å². The van der Waals surface area contributed by atoms with Crippen LogP contribution in [0.15, 0.2) is 42.5 Å². The fraction of sp³-hybridized carbons (Fsp3) is 0.500. The van der Waals surface area contributed by atoms with Gasteiger partial charge in [0.05, 0.1) is 13.2 Å². The summed E-state index contributed by atoms with van der Waals surface area (Å²) in [6, 6.07) is 15.4. The van der Waals surface area contributed by atoms with E-state index >= 15 is 0 Å². The number of hydrogen-bond acceptors (Lipinski definition) is 5. The zero-order valence-electron chi connectivity index (χ0n) is 19.0. The van der Waals surface area contributed by atoms with Crippen molar-refractivity contribution in [2.45, 2.75) is 38.3 Å². The first kappa shape index (κ1) is 21.3. The molecule has 32 heavy (non-hydrogen) atoms. The van der Waals surface area contributed by atoms with Gasteiger partial charge in [-0.1, -0.05) is 12.1 Å². The molecule has 2 unspecified atom stereocenters. The van der Waals surface area contributed by atoms with Crippen LogP contribution in [0.1, 0.15) is 34.8 Å². The van der Waals surface area contributed by atoms with Crippen LogP contribution in [0.25, 0.3) is 0 Å². The number of piperazine rings is 1. The summed E-state index contributed by atoms with van der Waals surface area (Å²) in [7, 11) is 0. The SMILES string of the molecule is CC1CNCCN1c1cccc2c1CC(NC(=O)c1ccc(N3CCOCC3)cc1)CC2. The van der Waals surface area contributed by atoms with Gasteiger partial charge >= 0.3 is 0 Å². The third-order valence-electron chi connectivity index (χ3n) is 7.11. The van der Waals surface area contributed by atoms with Crippen molar-refractivity contribution >= 4 is 17.3 Å². The Kier molecular flexibility index (Phi) is 6.32. The van der Waals surface area contributed by atoms with E-state index in [-0.39, 0.29) is 11.9 Å². The van der Waals surface area contributed by atoms with Gasteiger partial charge in [0.1, 0.15) is 0 Å². The zero-order valence-corrected chi connectivity index (χ0v) is 19.0. The lowest BCUT2D eigenvalue weighted by atomic mass is 9.86. The minimum absolute atomic E-state index is 0.0278. The number of amides is 1. The lowest BCUT2D eigenvalue weighted by Crippen LogP contribution is -2.50. The molecule has 0 spiro atoms. The van der Waals surface area contributed by atoms with Gasteiger partial charge in [-0.05, 0) is 67.6 Å². The predicted octanol–water partition coefficient (Wildman–Crippen LogP) is 2.61. The Balaban J connectivity index is 1.26. The van der Waals surface area contributed by atoms with Gasteiger partial charge in [-0.3, -0.25) is 4.79 Å². The minimum Gasteiger partial charge on any atom is -0.378 e. The second kappa shape index (κ2) is 9.51. The van der Waals surface area contributed by atoms with Gasteiger partial charge in [0.2, 0.25) is 0 Å². The van der Waals surface area contributed by atoms with E-state index in [0.29, 0.717) is 6.04 Å². The highest BCUT2D eigenvalue weighted by Gasteiger charge is 2.27. The molecule has 2 saturated heterocycles. The summed E-state index contributed by atoms with van der Waals surface area (Å²) in [6.45, 7) is 8.69. The summed E-state index contributed by atoms with van der Waals surface area (Å²) in [6.07, 6.45) is 2.91. The summed E-state index contributed by atoms with van der Waals surface area (Å²) < 4.78 is 5.43. The Labute approximate surface area is 190 Å². The monoisotopic (exact) mass is 434 g/mol. The molecule has 2 heterocycles. The van der Waals surface area contributed by atoms with Gasteiger partial charge in [-0.2, -0.15) is 0 Å². The second-order valence-corrected chi connectivity index (χ2v) is 9.22. The molecule has 2 aromatic carbocycles. The van der Waals surface area contributed by atoms with Crippen LogP contribution in [0.3, 0.4) is 0 Å². The zero-order chi connectivity index (χ0) is 21.9. The number of nitrogens with one attached hydrogen (secondary N) is 2. The highest BCUT2D eigenvalue weighted by molar-refractivity contribution is 5.94. The molecule has 5 rings (SSSR count). The van der Waals surface area contributed by atoms with Crippen LogP contribution in [-0.2, 0) is 17.6 Å². The number of morpholine rings is 1. The fourth-order valence-electron chi connectivity index (χ4n) is 5.27. The van der Waals surface area contributed by atoms with E-state index in [1.807, 2.05) is 12.1 Å². The molecule has 0 radical (unpaired) electrons. The summed E-state index contributed by atoms with van der Waals surface area (Å²) in [4.78, 5) is 17.8. The number of ether oxygens (including phenoxy) is 1. The molecule has 2 N–H and O–H groups in total. The molecule has 2 aliphatic heterocycles. The molecule has 6 heteroatoms. The van der Waals surface area contributed by atoms with Crippen LogP contribution in [0.2, 0.25) is 0 Å². The van der Waals surface area contributed by atoms with Crippen LogP contribution >= 0.6 is 0 Å². The number of rotatable bonds is 4. The van der Waals surface area contributed by atoms with Crippen molar-refractivity contribution in [3.63, 3.8) is 0 Å². The van der Waals surface area contributed by atoms with Crippen molar-refractivity contribution in [1.82, 2.24) is 10.6 Å². The predicted molar refractivity (Wildman–Crippen MR) is 129 cm³/mol. The summed E-state index contributed by atoms with van der Waals surface area (Å²) in [5, 5.41) is 6.80. The molecule has 1 amide bonds. The number of benzene rings is 2. The molecule has 2 aromatic rings. The average Bonchev–Trinajstić information content (AvgIpc) is 2.85. The number of carbonyl (C=O) groups excluding carboxylic acids is 1. The average molecular weight is 435 g/mol. The summed E-state index contributed by atoms with van der Waals surface area (Å²) in [5.74, 6) is 0.0278. The lowest BCUT2D eigenvalue weighted by molar-refractivity contribution is 0.0933. The van der Waals surface area contributed by atoms with Gasteiger partial charge in [0.25, 0.3) is 5.91 Å². The Morgan fingerprint density at radius 2 is 1.91 bits per heavy atom. The van der Waals surface area contributed by atoms with E-state index < -0.39 is 0 Å². The van der Waals surface area contributed by atoms with Crippen molar-refractivity contribution in [3.05, 3.63) is 59.2 Å². The number of anilines is 2. The number of fused-ring (bicyclic) bond motifs is 1. The number of carbonyl (C=O) groups is 1. The van der Waals surface area contributed by atoms with E-state index in [4.69, 9.17) is 4.74 Å². The lowest BCUT2D eigenvalue weighted by Gasteiger charge is -2.39. The Hall–Kier alpha value is -2.57. The first-order valence-electron chi connectivity index (χ1n) is 12.0. The molecule has 0 saturated carbocycles. The van der Waals surface area contributed by atoms with Crippen molar-refractivity contribution in [3.8, 4) is 0 Å². The van der Waals surface area contributed by atoms with Crippen LogP contribution < -0.4 is 20.4 Å². The van der Waals surface area contributed by atoms with Crippen LogP contribution in [0, 0.1) is 0 Å². The Bertz CT molecular complexity index is 939. The normalized spacial score (nSPS) is 23.5. The van der Waals surface area contributed by atoms with Gasteiger partial charge in [-0.15, -0.1) is 0 Å². The van der Waals surface area contributed by atoms with Crippen LogP contribution in [0.4, 0.5) is 11.4 Å². The Morgan fingerprint density at radius 3 is 2.69 bits per heavy atom. The van der Waals surface area contributed by atoms with E-state index in [1.54, 1.807) is 0 Å². The van der Waals surface area contributed by atoms with Crippen molar-refractivity contribution < 1.29 is 9.53 Å². The Morgan fingerprint density at radius 1 is 1.09 bits per heavy atom. The van der Waals surface area contributed by atoms with Gasteiger partial charge in [0, 0.05) is 61.7 Å². The molecule has 1 aliphatic carbocycles. The standard InChI is InChI=1S/C26H34N4O2/c1-19-18-27-11-12-30(19)25-4-2-3-20-5-8-22(17-24(20)25)28-26(31)21-6-9-23(10-7-21)29-13-15-32-16-14-29/h2-4,6-7,9-10,19,22,27H,5,8,11-18H2,1H3,(H,28,31). The maximum Gasteiger partial charge on any atom is 0.251 e. The molecule has 2 atom stereocenters. The molecule has 2 fully saturated rings. The smallest absolute Gasteiger partial charge is 0.251 e. The maximum absolute atomic E-state index is 13.0. The first-order chi connectivity index (χ1) is 15.7. The molecule has 170 valence electrons. The fourth-order valence-corrected chi connectivity index (χ4v) is 5.27. The van der Waals surface area contributed by atoms with Crippen molar-refractivity contribution in [2.24, 2.45) is 0 Å². The molecular formula is C26H34N4O2. The highest BCUT2D eigenvalue weighted by atomic mass is 16.5. The first-order valence-corrected chi connectivity index (χ1v) is 12.0. The maximum atomic E-state index is 13.0. The van der Waals surface area contributed by atoms with Gasteiger partial charge in [0.15, 0.2) is 0 Å². The third kappa shape index (κ3) is 4.48. The van der Waals surface area contributed by atoms with E-state index in [2.05, 4.69) is 57.7 Å². The quantitative estimate of drug-likeness (QED) is 0.775. The van der Waals surface area contributed by atoms with E-state index in [0.717, 1.165) is 76.5 Å². The minimum atomic E-state index is 0.0278. The van der Waals surface area contributed by atoms with E-state index in [1.165, 1.54) is 16.8 Å². The van der Waals surface area contributed by atoms with Gasteiger partial charge < -0.3 is 25.2 Å². The molecule has 0 bridgehead atoms. The van der Waals surface area contributed by atoms with Crippen molar-refractivity contribution in [1.29, 1.82) is 0 Å². The summed E-state index contributed by atoms with van der Waals surface area (Å²) >= 11 is 0. The largest absolute Gasteiger partial charge is 0.378 e. The third-order valence-corrected chi connectivity index (χ3v) is 7.11.